The highest BCUT2D eigenvalue weighted by molar-refractivity contribution is 5.93. The first-order chi connectivity index (χ1) is 10.1. The topological polar surface area (TPSA) is 44.1 Å². The number of hydrogen-bond donors (Lipinski definition) is 0. The number of amides is 1. The molecule has 106 valence electrons. The lowest BCUT2D eigenvalue weighted by Crippen LogP contribution is -2.26. The predicted octanol–water partition coefficient (Wildman–Crippen LogP) is 3.46. The molecular formula is C18H18N2O. The van der Waals surface area contributed by atoms with E-state index >= 15 is 0 Å². The summed E-state index contributed by atoms with van der Waals surface area (Å²) in [5.74, 6) is 0.0494. The highest BCUT2D eigenvalue weighted by Gasteiger charge is 2.11. The van der Waals surface area contributed by atoms with Crippen molar-refractivity contribution in [2.75, 3.05) is 11.9 Å². The van der Waals surface area contributed by atoms with Gasteiger partial charge < -0.3 is 4.90 Å². The molecule has 0 saturated carbocycles. The van der Waals surface area contributed by atoms with Crippen molar-refractivity contribution in [3.05, 3.63) is 65.2 Å². The Labute approximate surface area is 125 Å². The second-order valence-corrected chi connectivity index (χ2v) is 5.04. The molecule has 0 aromatic heterocycles. The number of aryl methyl sites for hydroxylation is 2. The van der Waals surface area contributed by atoms with Gasteiger partial charge in [-0.25, -0.2) is 0 Å². The van der Waals surface area contributed by atoms with E-state index in [0.717, 1.165) is 12.1 Å². The highest BCUT2D eigenvalue weighted by atomic mass is 16.2. The van der Waals surface area contributed by atoms with Gasteiger partial charge >= 0.3 is 0 Å². The van der Waals surface area contributed by atoms with Crippen LogP contribution in [0.2, 0.25) is 0 Å². The number of rotatable bonds is 4. The highest BCUT2D eigenvalue weighted by Crippen LogP contribution is 2.17. The van der Waals surface area contributed by atoms with E-state index in [1.807, 2.05) is 18.2 Å². The van der Waals surface area contributed by atoms with E-state index in [1.165, 1.54) is 11.1 Å². The van der Waals surface area contributed by atoms with Crippen LogP contribution < -0.4 is 4.90 Å². The average molecular weight is 278 g/mol. The van der Waals surface area contributed by atoms with Crippen molar-refractivity contribution < 1.29 is 4.79 Å². The summed E-state index contributed by atoms with van der Waals surface area (Å²) in [6.45, 7) is 2.06. The minimum Gasteiger partial charge on any atom is -0.315 e. The Hall–Kier alpha value is -2.60. The van der Waals surface area contributed by atoms with Crippen LogP contribution in [0.5, 0.6) is 0 Å². The molecule has 1 amide bonds. The zero-order valence-electron chi connectivity index (χ0n) is 12.3. The molecule has 21 heavy (non-hydrogen) atoms. The summed E-state index contributed by atoms with van der Waals surface area (Å²) in [5.41, 5.74) is 3.72. The van der Waals surface area contributed by atoms with E-state index < -0.39 is 0 Å². The molecule has 0 spiro atoms. The molecule has 0 aliphatic carbocycles. The fourth-order valence-electron chi connectivity index (χ4n) is 2.23. The zero-order valence-corrected chi connectivity index (χ0v) is 12.3. The molecule has 0 saturated heterocycles. The smallest absolute Gasteiger partial charge is 0.227 e. The Bertz CT molecular complexity index is 686. The maximum Gasteiger partial charge on any atom is 0.227 e. The molecule has 0 atom stereocenters. The summed E-state index contributed by atoms with van der Waals surface area (Å²) in [7, 11) is 1.75. The second kappa shape index (κ2) is 6.71. The van der Waals surface area contributed by atoms with Crippen molar-refractivity contribution >= 4 is 11.6 Å². The first-order valence-corrected chi connectivity index (χ1v) is 6.93. The number of anilines is 1. The largest absolute Gasteiger partial charge is 0.315 e. The minimum absolute atomic E-state index is 0.0494. The molecule has 0 unspecified atom stereocenters. The van der Waals surface area contributed by atoms with Gasteiger partial charge in [0.25, 0.3) is 0 Å². The van der Waals surface area contributed by atoms with Crippen LogP contribution in [0.3, 0.4) is 0 Å². The molecule has 0 radical (unpaired) electrons. The monoisotopic (exact) mass is 278 g/mol. The minimum atomic E-state index is 0.0494. The van der Waals surface area contributed by atoms with E-state index in [2.05, 4.69) is 25.1 Å². The summed E-state index contributed by atoms with van der Waals surface area (Å²) in [6.07, 6.45) is 1.19. The van der Waals surface area contributed by atoms with Gasteiger partial charge in [-0.2, -0.15) is 5.26 Å². The van der Waals surface area contributed by atoms with E-state index in [9.17, 15) is 4.79 Å². The van der Waals surface area contributed by atoms with Gasteiger partial charge in [0.05, 0.1) is 11.6 Å². The molecular weight excluding hydrogens is 260 g/mol. The van der Waals surface area contributed by atoms with Crippen LogP contribution in [0.1, 0.15) is 23.1 Å². The third kappa shape index (κ3) is 3.70. The number of nitriles is 1. The number of nitrogens with zero attached hydrogens (tertiary/aromatic N) is 2. The summed E-state index contributed by atoms with van der Waals surface area (Å²) in [6, 6.07) is 17.3. The first-order valence-electron chi connectivity index (χ1n) is 6.93. The Morgan fingerprint density at radius 3 is 2.67 bits per heavy atom. The van der Waals surface area contributed by atoms with Gasteiger partial charge in [0, 0.05) is 19.2 Å². The number of carbonyl (C=O) groups is 1. The molecule has 0 N–H and O–H groups in total. The Morgan fingerprint density at radius 2 is 1.95 bits per heavy atom. The lowest BCUT2D eigenvalue weighted by atomic mass is 10.0. The number of benzene rings is 2. The predicted molar refractivity (Wildman–Crippen MR) is 84.1 cm³/mol. The van der Waals surface area contributed by atoms with Crippen molar-refractivity contribution in [2.45, 2.75) is 19.8 Å². The van der Waals surface area contributed by atoms with E-state index in [4.69, 9.17) is 5.26 Å². The van der Waals surface area contributed by atoms with Gasteiger partial charge in [0.15, 0.2) is 0 Å². The maximum atomic E-state index is 12.3. The average Bonchev–Trinajstić information content (AvgIpc) is 2.53. The Balaban J connectivity index is 2.03. The molecule has 2 rings (SSSR count). The summed E-state index contributed by atoms with van der Waals surface area (Å²) < 4.78 is 0. The lowest BCUT2D eigenvalue weighted by molar-refractivity contribution is -0.118. The number of hydrogen-bond acceptors (Lipinski definition) is 2. The van der Waals surface area contributed by atoms with Crippen LogP contribution in [0.4, 0.5) is 5.69 Å². The quantitative estimate of drug-likeness (QED) is 0.859. The van der Waals surface area contributed by atoms with Gasteiger partial charge in [-0.15, -0.1) is 0 Å². The summed E-state index contributed by atoms with van der Waals surface area (Å²) in [4.78, 5) is 13.9. The van der Waals surface area contributed by atoms with Crippen LogP contribution in [0.25, 0.3) is 0 Å². The maximum absolute atomic E-state index is 12.3. The van der Waals surface area contributed by atoms with Crippen molar-refractivity contribution in [3.63, 3.8) is 0 Å². The Kier molecular flexibility index (Phi) is 4.73. The van der Waals surface area contributed by atoms with E-state index in [0.29, 0.717) is 12.0 Å². The molecule has 0 heterocycles. The molecule has 3 heteroatoms. The van der Waals surface area contributed by atoms with Crippen molar-refractivity contribution in [2.24, 2.45) is 0 Å². The fraction of sp³-hybridized carbons (Fsp3) is 0.222. The second-order valence-electron chi connectivity index (χ2n) is 5.04. The normalized spacial score (nSPS) is 9.95. The lowest BCUT2D eigenvalue weighted by Gasteiger charge is -2.17. The van der Waals surface area contributed by atoms with Gasteiger partial charge in [-0.05, 0) is 42.7 Å². The van der Waals surface area contributed by atoms with E-state index in [-0.39, 0.29) is 5.91 Å². The van der Waals surface area contributed by atoms with Crippen LogP contribution in [-0.2, 0) is 11.2 Å². The van der Waals surface area contributed by atoms with Crippen LogP contribution >= 0.6 is 0 Å². The van der Waals surface area contributed by atoms with Crippen molar-refractivity contribution in [3.8, 4) is 6.07 Å². The molecule has 3 nitrogen and oxygen atoms in total. The van der Waals surface area contributed by atoms with Crippen LogP contribution in [-0.4, -0.2) is 13.0 Å². The molecule has 0 aliphatic rings. The Morgan fingerprint density at radius 1 is 1.19 bits per heavy atom. The van der Waals surface area contributed by atoms with Crippen molar-refractivity contribution in [1.29, 1.82) is 5.26 Å². The summed E-state index contributed by atoms with van der Waals surface area (Å²) >= 11 is 0. The van der Waals surface area contributed by atoms with Gasteiger partial charge in [-0.1, -0.05) is 30.3 Å². The molecule has 0 bridgehead atoms. The van der Waals surface area contributed by atoms with Crippen LogP contribution in [0, 0.1) is 18.3 Å². The number of carbonyl (C=O) groups excluding carboxylic acids is 1. The standard InChI is InChI=1S/C18H18N2O/c1-14-6-3-4-8-16(14)10-11-18(21)20(2)17-9-5-7-15(12-17)13-19/h3-9,12H,10-11H2,1-2H3. The van der Waals surface area contributed by atoms with Crippen LogP contribution in [0.15, 0.2) is 48.5 Å². The molecule has 2 aromatic carbocycles. The molecule has 0 fully saturated rings. The third-order valence-electron chi connectivity index (χ3n) is 3.61. The van der Waals surface area contributed by atoms with Gasteiger partial charge in [0.1, 0.15) is 0 Å². The third-order valence-corrected chi connectivity index (χ3v) is 3.61. The van der Waals surface area contributed by atoms with E-state index in [1.54, 1.807) is 30.1 Å². The fourth-order valence-corrected chi connectivity index (χ4v) is 2.23. The SMILES string of the molecule is Cc1ccccc1CCC(=O)N(C)c1cccc(C#N)c1. The van der Waals surface area contributed by atoms with Gasteiger partial charge in [-0.3, -0.25) is 4.79 Å². The summed E-state index contributed by atoms with van der Waals surface area (Å²) in [5, 5.41) is 8.91. The van der Waals surface area contributed by atoms with Gasteiger partial charge in [0.2, 0.25) is 5.91 Å². The molecule has 2 aromatic rings. The molecule has 0 aliphatic heterocycles. The van der Waals surface area contributed by atoms with Crippen molar-refractivity contribution in [1.82, 2.24) is 0 Å². The zero-order chi connectivity index (χ0) is 15.2. The first kappa shape index (κ1) is 14.8.